The first kappa shape index (κ1) is 58.9. The van der Waals surface area contributed by atoms with Crippen molar-refractivity contribution in [3.8, 4) is 11.4 Å². The summed E-state index contributed by atoms with van der Waals surface area (Å²) in [5.74, 6) is -1.04. The minimum atomic E-state index is -1.88. The van der Waals surface area contributed by atoms with Crippen LogP contribution in [0.2, 0.25) is 0 Å². The second kappa shape index (κ2) is 28.8. The van der Waals surface area contributed by atoms with Crippen molar-refractivity contribution in [3.05, 3.63) is 74.3 Å². The molecule has 1 aliphatic carbocycles. The minimum absolute atomic E-state index is 0.0110. The lowest BCUT2D eigenvalue weighted by molar-refractivity contribution is -0.175. The van der Waals surface area contributed by atoms with Crippen LogP contribution in [-0.4, -0.2) is 165 Å². The van der Waals surface area contributed by atoms with Gasteiger partial charge in [-0.1, -0.05) is 37.6 Å². The number of pyridine rings is 2. The fourth-order valence-corrected chi connectivity index (χ4v) is 10.5. The van der Waals surface area contributed by atoms with Gasteiger partial charge < -0.3 is 57.3 Å². The predicted octanol–water partition coefficient (Wildman–Crippen LogP) is 4.34. The zero-order valence-corrected chi connectivity index (χ0v) is 45.9. The lowest BCUT2D eigenvalue weighted by Crippen LogP contribution is -2.47. The van der Waals surface area contributed by atoms with Crippen molar-refractivity contribution in [3.63, 3.8) is 0 Å². The fourth-order valence-electron chi connectivity index (χ4n) is 10.5. The normalized spacial score (nSPS) is 19.6. The van der Waals surface area contributed by atoms with E-state index in [-0.39, 0.29) is 91.6 Å². The van der Waals surface area contributed by atoms with Crippen LogP contribution in [0.15, 0.2) is 35.3 Å². The van der Waals surface area contributed by atoms with E-state index in [1.54, 1.807) is 35.4 Å². The lowest BCUT2D eigenvalue weighted by Gasteiger charge is -2.35. The number of hydrogen-bond acceptors (Lipinski definition) is 19. The van der Waals surface area contributed by atoms with Crippen molar-refractivity contribution < 1.29 is 71.3 Å². The Balaban J connectivity index is 0.583. The van der Waals surface area contributed by atoms with E-state index >= 15 is 0 Å². The number of likely N-dealkylation sites (tertiary alicyclic amines) is 1. The Bertz CT molecular complexity index is 2810. The third-order valence-corrected chi connectivity index (χ3v) is 14.8. The molecule has 0 radical (unpaired) electrons. The highest BCUT2D eigenvalue weighted by Crippen LogP contribution is 2.42. The summed E-state index contributed by atoms with van der Waals surface area (Å²) in [5.41, 5.74) is 4.23. The maximum absolute atomic E-state index is 14.0. The first-order valence-corrected chi connectivity index (χ1v) is 27.7. The average molecular weight is 1100 g/mol. The van der Waals surface area contributed by atoms with E-state index in [1.165, 1.54) is 4.90 Å². The number of nitrogens with one attached hydrogen (secondary N) is 1. The molecule has 1 saturated heterocycles. The van der Waals surface area contributed by atoms with Gasteiger partial charge in [-0.3, -0.25) is 24.1 Å². The highest BCUT2D eigenvalue weighted by atomic mass is 16.7. The molecule has 2 atom stereocenters. The third kappa shape index (κ3) is 15.0. The van der Waals surface area contributed by atoms with Crippen molar-refractivity contribution in [2.75, 3.05) is 106 Å². The highest BCUT2D eigenvalue weighted by Gasteiger charge is 2.51. The molecule has 4 aromatic rings. The van der Waals surface area contributed by atoms with E-state index in [2.05, 4.69) is 28.6 Å². The average Bonchev–Trinajstić information content (AvgIpc) is 4.20. The first-order chi connectivity index (χ1) is 38.4. The number of hydrogen-bond donors (Lipinski definition) is 1. The molecule has 6 heterocycles. The molecule has 79 heavy (non-hydrogen) atoms. The molecule has 4 aliphatic rings. The second-order valence-corrected chi connectivity index (χ2v) is 20.2. The molecule has 1 saturated carbocycles. The van der Waals surface area contributed by atoms with Gasteiger partial charge in [0.1, 0.15) is 18.9 Å². The fraction of sp³-hybridized carbons (Fsp3) is 0.625. The Morgan fingerprint density at radius 1 is 0.785 bits per heavy atom. The number of benzene rings is 1. The Hall–Kier alpha value is -6.21. The number of esters is 1. The number of aromatic nitrogens is 5. The molecule has 1 aromatic carbocycles. The van der Waals surface area contributed by atoms with Crippen LogP contribution in [0.25, 0.3) is 22.3 Å². The van der Waals surface area contributed by atoms with Crippen molar-refractivity contribution in [1.29, 1.82) is 0 Å². The van der Waals surface area contributed by atoms with Gasteiger partial charge in [0.2, 0.25) is 23.3 Å². The molecular weight excluding hydrogens is 1030 g/mol. The molecule has 430 valence electrons. The van der Waals surface area contributed by atoms with Gasteiger partial charge in [-0.25, -0.2) is 19.3 Å². The summed E-state index contributed by atoms with van der Waals surface area (Å²) < 4.78 is 58.8. The number of carbonyl (C=O) groups is 5. The van der Waals surface area contributed by atoms with Crippen molar-refractivity contribution in [2.45, 2.75) is 104 Å². The van der Waals surface area contributed by atoms with Crippen LogP contribution >= 0.6 is 0 Å². The van der Waals surface area contributed by atoms with E-state index in [1.807, 2.05) is 19.1 Å². The van der Waals surface area contributed by atoms with Crippen LogP contribution in [0.3, 0.4) is 0 Å². The van der Waals surface area contributed by atoms with Crippen LogP contribution in [0.1, 0.15) is 92.8 Å². The number of aryl methyl sites for hydroxylation is 2. The predicted molar refractivity (Wildman–Crippen MR) is 282 cm³/mol. The third-order valence-electron chi connectivity index (χ3n) is 14.8. The molecule has 3 amide bonds. The van der Waals surface area contributed by atoms with E-state index in [0.717, 1.165) is 59.7 Å². The molecular formula is C56H75N7O16. The smallest absolute Gasteiger partial charge is 0.457 e. The van der Waals surface area contributed by atoms with Gasteiger partial charge in [0.25, 0.3) is 5.56 Å². The van der Waals surface area contributed by atoms with Gasteiger partial charge in [-0.05, 0) is 75.1 Å². The summed E-state index contributed by atoms with van der Waals surface area (Å²) in [6.45, 7) is 13.9. The summed E-state index contributed by atoms with van der Waals surface area (Å²) in [5, 5.41) is 12.3. The number of amides is 3. The second-order valence-electron chi connectivity index (χ2n) is 20.2. The Morgan fingerprint density at radius 2 is 1.41 bits per heavy atom. The molecule has 1 unspecified atom stereocenters. The number of ether oxygens (including phenoxy) is 10. The lowest BCUT2D eigenvalue weighted by atomic mass is 9.81. The monoisotopic (exact) mass is 1100 g/mol. The summed E-state index contributed by atoms with van der Waals surface area (Å²) in [6.07, 6.45) is 4.84. The molecule has 0 spiro atoms. The van der Waals surface area contributed by atoms with Gasteiger partial charge in [0, 0.05) is 41.3 Å². The van der Waals surface area contributed by atoms with Crippen molar-refractivity contribution in [1.82, 2.24) is 34.8 Å². The van der Waals surface area contributed by atoms with Crippen molar-refractivity contribution >= 4 is 40.7 Å². The summed E-state index contributed by atoms with van der Waals surface area (Å²) in [4.78, 5) is 84.1. The van der Waals surface area contributed by atoms with Crippen LogP contribution in [-0.2, 0) is 105 Å². The molecule has 23 nitrogen and oxygen atoms in total. The summed E-state index contributed by atoms with van der Waals surface area (Å²) in [6, 6.07) is 7.83. The largest absolute Gasteiger partial charge is 0.509 e. The zero-order chi connectivity index (χ0) is 55.7. The number of carbonyl (C=O) groups excluding carboxylic acids is 5. The molecule has 2 fully saturated rings. The minimum Gasteiger partial charge on any atom is -0.457 e. The SMILES string of the molecule is CCc1c2c(nc3ccc(C)cc13)-c1cc3c(c(=O)n1C2)COC(=O)[C@@]3(CC)OC(=O)OCCOCCOCCOCCOCCOCCOCCOCCn1cc(CNC(=O)C2CCC(CN3C(=O)CC(C)C3=O)CC2)nn1. The number of imide groups is 1. The Labute approximate surface area is 459 Å². The van der Waals surface area contributed by atoms with Gasteiger partial charge in [0.15, 0.2) is 0 Å². The number of fused-ring (bicyclic) bond motifs is 5. The van der Waals surface area contributed by atoms with Gasteiger partial charge in [-0.2, -0.15) is 0 Å². The molecule has 8 rings (SSSR count). The van der Waals surface area contributed by atoms with Gasteiger partial charge in [0.05, 0.1) is 141 Å². The number of cyclic esters (lactones) is 1. The van der Waals surface area contributed by atoms with Gasteiger partial charge in [-0.15, -0.1) is 5.10 Å². The van der Waals surface area contributed by atoms with Gasteiger partial charge >= 0.3 is 12.1 Å². The maximum Gasteiger partial charge on any atom is 0.509 e. The van der Waals surface area contributed by atoms with Crippen LogP contribution < -0.4 is 10.9 Å². The van der Waals surface area contributed by atoms with E-state index < -0.39 is 17.7 Å². The standard InChI is InChI=1S/C56H75N7O16/c1-5-42-43-29-37(3)7-12-47(43)58-50-44(42)35-62-48(50)31-46-45(53(62)67)36-78-54(68)56(46,6-2)79-55(69)77-28-27-76-26-25-75-24-23-74-22-21-73-20-19-72-18-17-71-16-15-70-14-13-61-34-41(59-60-61)32-57-51(65)40-10-8-39(9-11-40)33-63-49(64)30-38(4)52(63)66/h7,12,29,31,34,38-40H,5-6,8-11,13-28,30,32-33,35-36H2,1-4H3,(H,57,65)/t38?,39?,40?,56-/m0/s1. The molecule has 23 heteroatoms. The Kier molecular flexibility index (Phi) is 21.5. The topological polar surface area (TPSA) is 259 Å². The zero-order valence-electron chi connectivity index (χ0n) is 45.9. The number of rotatable bonds is 32. The molecule has 3 aromatic heterocycles. The summed E-state index contributed by atoms with van der Waals surface area (Å²) >= 11 is 0. The molecule has 1 N–H and O–H groups in total. The number of nitrogens with zero attached hydrogens (tertiary/aromatic N) is 6. The quantitative estimate of drug-likeness (QED) is 0.0357. The summed E-state index contributed by atoms with van der Waals surface area (Å²) in [7, 11) is 0. The maximum atomic E-state index is 14.0. The van der Waals surface area contributed by atoms with E-state index in [9.17, 15) is 28.8 Å². The first-order valence-electron chi connectivity index (χ1n) is 27.7. The van der Waals surface area contributed by atoms with Crippen LogP contribution in [0, 0.1) is 24.7 Å². The Morgan fingerprint density at radius 3 is 2.00 bits per heavy atom. The van der Waals surface area contributed by atoms with E-state index in [0.29, 0.717) is 122 Å². The van der Waals surface area contributed by atoms with E-state index in [4.69, 9.17) is 52.4 Å². The van der Waals surface area contributed by atoms with Crippen LogP contribution in [0.5, 0.6) is 0 Å². The highest BCUT2D eigenvalue weighted by molar-refractivity contribution is 6.03. The molecule has 3 aliphatic heterocycles. The van der Waals surface area contributed by atoms with Crippen LogP contribution in [0.4, 0.5) is 4.79 Å². The van der Waals surface area contributed by atoms with Crippen molar-refractivity contribution in [2.24, 2.45) is 17.8 Å². The molecule has 0 bridgehead atoms.